The molecule has 0 bridgehead atoms. The van der Waals surface area contributed by atoms with Gasteiger partial charge in [-0.1, -0.05) is 35.2 Å². The number of nitrogens with zero attached hydrogens (tertiary/aromatic N) is 3. The van der Waals surface area contributed by atoms with Crippen molar-refractivity contribution in [1.82, 2.24) is 15.2 Å². The summed E-state index contributed by atoms with van der Waals surface area (Å²) in [6.07, 6.45) is 1.46. The monoisotopic (exact) mass is 176 g/mol. The summed E-state index contributed by atoms with van der Waals surface area (Å²) in [6.45, 7) is 0.385. The maximum Gasteiger partial charge on any atom is 0.142 e. The highest BCUT2D eigenvalue weighted by atomic mass is 16.7. The van der Waals surface area contributed by atoms with Gasteiger partial charge >= 0.3 is 0 Å². The van der Waals surface area contributed by atoms with Crippen molar-refractivity contribution in [2.75, 3.05) is 0 Å². The Bertz CT molecular complexity index is 401. The van der Waals surface area contributed by atoms with Crippen LogP contribution in [0.25, 0.3) is 0 Å². The Kier molecular flexibility index (Phi) is 1.90. The number of benzene rings is 1. The molecule has 1 aromatic heterocycles. The Morgan fingerprint density at radius 1 is 1.38 bits per heavy atom. The lowest BCUT2D eigenvalue weighted by Crippen LogP contribution is -2.11. The molecule has 0 radical (unpaired) electrons. The fraction of sp³-hybridized carbons (Fsp3) is 0.111. The first-order chi connectivity index (χ1) is 6.86. The van der Waals surface area contributed by atoms with Crippen molar-refractivity contribution in [2.24, 2.45) is 0 Å². The fourth-order valence-electron chi connectivity index (χ4n) is 0.947. The van der Waals surface area contributed by atoms with Crippen LogP contribution >= 0.6 is 0 Å². The lowest BCUT2D eigenvalue weighted by atomic mass is 10.2. The van der Waals surface area contributed by atoms with Gasteiger partial charge in [0.05, 0.1) is 13.7 Å². The van der Waals surface area contributed by atoms with E-state index in [4.69, 9.17) is 6.21 Å². The number of rotatable bonds is 3. The SMILES string of the molecule is [2H]c1cnnn1OCc1ccccc1. The van der Waals surface area contributed by atoms with Crippen LogP contribution < -0.4 is 4.84 Å². The molecule has 0 aliphatic heterocycles. The lowest BCUT2D eigenvalue weighted by molar-refractivity contribution is 0.0661. The molecule has 4 heteroatoms. The standard InChI is InChI=1S/C9H9N3O/c1-2-4-9(5-3-1)8-13-12-7-6-10-11-12/h1-7H,8H2/i7D. The van der Waals surface area contributed by atoms with Gasteiger partial charge in [0.25, 0.3) is 0 Å². The van der Waals surface area contributed by atoms with Crippen LogP contribution in [0.5, 0.6) is 0 Å². The molecular formula is C9H9N3O. The summed E-state index contributed by atoms with van der Waals surface area (Å²) < 4.78 is 7.33. The molecule has 0 aliphatic rings. The lowest BCUT2D eigenvalue weighted by Gasteiger charge is -2.02. The molecular weight excluding hydrogens is 166 g/mol. The highest BCUT2D eigenvalue weighted by Gasteiger charge is 1.92. The second kappa shape index (κ2) is 3.71. The molecule has 4 nitrogen and oxygen atoms in total. The zero-order chi connectivity index (χ0) is 9.80. The van der Waals surface area contributed by atoms with Crippen LogP contribution in [0.1, 0.15) is 6.93 Å². The number of hydrogen-bond acceptors (Lipinski definition) is 3. The summed E-state index contributed by atoms with van der Waals surface area (Å²) in [5.74, 6) is 0. The van der Waals surface area contributed by atoms with Gasteiger partial charge < -0.3 is 4.84 Å². The Morgan fingerprint density at radius 3 is 2.92 bits per heavy atom. The second-order valence-corrected chi connectivity index (χ2v) is 2.50. The Balaban J connectivity index is 1.99. The molecule has 0 spiro atoms. The van der Waals surface area contributed by atoms with Gasteiger partial charge in [-0.3, -0.25) is 0 Å². The first-order valence-corrected chi connectivity index (χ1v) is 3.91. The van der Waals surface area contributed by atoms with Crippen molar-refractivity contribution in [3.05, 3.63) is 48.3 Å². The molecule has 13 heavy (non-hydrogen) atoms. The summed E-state index contributed by atoms with van der Waals surface area (Å²) >= 11 is 0. The average Bonchev–Trinajstić information content (AvgIpc) is 2.63. The molecule has 0 N–H and O–H groups in total. The van der Waals surface area contributed by atoms with Gasteiger partial charge in [-0.25, -0.2) is 0 Å². The number of hydrogen-bond donors (Lipinski definition) is 0. The van der Waals surface area contributed by atoms with Crippen LogP contribution in [0.15, 0.2) is 42.7 Å². The van der Waals surface area contributed by atoms with Crippen molar-refractivity contribution < 1.29 is 6.21 Å². The third kappa shape index (κ3) is 2.05. The van der Waals surface area contributed by atoms with Crippen LogP contribution in [-0.2, 0) is 6.61 Å². The summed E-state index contributed by atoms with van der Waals surface area (Å²) in [7, 11) is 0. The quantitative estimate of drug-likeness (QED) is 0.697. The summed E-state index contributed by atoms with van der Waals surface area (Å²) in [5.41, 5.74) is 1.03. The van der Waals surface area contributed by atoms with Gasteiger partial charge in [-0.15, -0.1) is 5.10 Å². The van der Waals surface area contributed by atoms with E-state index in [2.05, 4.69) is 10.3 Å². The molecule has 0 saturated carbocycles. The maximum atomic E-state index is 7.33. The first-order valence-electron chi connectivity index (χ1n) is 4.41. The van der Waals surface area contributed by atoms with E-state index in [1.54, 1.807) is 0 Å². The molecule has 0 saturated heterocycles. The molecule has 2 rings (SSSR count). The molecule has 0 fully saturated rings. The fourth-order valence-corrected chi connectivity index (χ4v) is 0.947. The van der Waals surface area contributed by atoms with Crippen molar-refractivity contribution >= 4 is 0 Å². The van der Waals surface area contributed by atoms with Crippen molar-refractivity contribution in [3.63, 3.8) is 0 Å². The van der Waals surface area contributed by atoms with Gasteiger partial charge in [-0.2, -0.15) is 0 Å². The predicted molar refractivity (Wildman–Crippen MR) is 46.7 cm³/mol. The molecule has 0 amide bonds. The van der Waals surface area contributed by atoms with Crippen molar-refractivity contribution in [3.8, 4) is 0 Å². The van der Waals surface area contributed by atoms with Gasteiger partial charge in [0.15, 0.2) is 0 Å². The molecule has 0 aliphatic carbocycles. The summed E-state index contributed by atoms with van der Waals surface area (Å²) in [4.78, 5) is 6.31. The van der Waals surface area contributed by atoms with E-state index in [9.17, 15) is 0 Å². The highest BCUT2D eigenvalue weighted by Crippen LogP contribution is 1.97. The van der Waals surface area contributed by atoms with E-state index in [0.717, 1.165) is 10.4 Å². The Hall–Kier alpha value is -1.84. The smallest absolute Gasteiger partial charge is 0.142 e. The van der Waals surface area contributed by atoms with E-state index in [1.165, 1.54) is 6.20 Å². The van der Waals surface area contributed by atoms with E-state index in [-0.39, 0.29) is 6.17 Å². The first kappa shape index (κ1) is 6.65. The maximum absolute atomic E-state index is 7.33. The minimum atomic E-state index is 0.140. The van der Waals surface area contributed by atoms with Crippen molar-refractivity contribution in [1.29, 1.82) is 0 Å². The minimum absolute atomic E-state index is 0.140. The van der Waals surface area contributed by atoms with Gasteiger partial charge in [0.2, 0.25) is 0 Å². The van der Waals surface area contributed by atoms with Crippen LogP contribution in [0.2, 0.25) is 0 Å². The molecule has 2 aromatic rings. The average molecular weight is 176 g/mol. The highest BCUT2D eigenvalue weighted by molar-refractivity contribution is 5.13. The zero-order valence-corrected chi connectivity index (χ0v) is 6.92. The molecule has 66 valence electrons. The van der Waals surface area contributed by atoms with Gasteiger partial charge in [0.1, 0.15) is 6.61 Å². The Labute approximate surface area is 77.1 Å². The van der Waals surface area contributed by atoms with Crippen LogP contribution in [0.4, 0.5) is 0 Å². The van der Waals surface area contributed by atoms with E-state index < -0.39 is 0 Å². The minimum Gasteiger partial charge on any atom is -0.391 e. The zero-order valence-electron chi connectivity index (χ0n) is 7.92. The third-order valence-corrected chi connectivity index (χ3v) is 1.56. The second-order valence-electron chi connectivity index (χ2n) is 2.50. The number of aromatic nitrogens is 3. The van der Waals surface area contributed by atoms with E-state index in [0.29, 0.717) is 6.61 Å². The largest absolute Gasteiger partial charge is 0.391 e. The van der Waals surface area contributed by atoms with Crippen LogP contribution in [-0.4, -0.2) is 15.2 Å². The normalized spacial score (nSPS) is 10.9. The topological polar surface area (TPSA) is 39.9 Å². The molecule has 0 unspecified atom stereocenters. The molecule has 0 atom stereocenters. The van der Waals surface area contributed by atoms with Crippen LogP contribution in [0.3, 0.4) is 0 Å². The third-order valence-electron chi connectivity index (χ3n) is 1.56. The van der Waals surface area contributed by atoms with Crippen molar-refractivity contribution in [2.45, 2.75) is 6.61 Å². The van der Waals surface area contributed by atoms with E-state index >= 15 is 0 Å². The van der Waals surface area contributed by atoms with E-state index in [1.807, 2.05) is 30.3 Å². The Morgan fingerprint density at radius 2 is 2.23 bits per heavy atom. The summed E-state index contributed by atoms with van der Waals surface area (Å²) in [6, 6.07) is 9.69. The molecule has 1 aromatic carbocycles. The van der Waals surface area contributed by atoms with Crippen LogP contribution in [0, 0.1) is 0 Å². The van der Waals surface area contributed by atoms with Gasteiger partial charge in [0, 0.05) is 0 Å². The van der Waals surface area contributed by atoms with Gasteiger partial charge in [-0.05, 0) is 10.8 Å². The predicted octanol–water partition coefficient (Wildman–Crippen LogP) is 0.907. The molecule has 1 heterocycles. The summed E-state index contributed by atoms with van der Waals surface area (Å²) in [5, 5.41) is 7.12.